The molecule has 0 unspecified atom stereocenters. The number of likely N-dealkylation sites (tertiary alicyclic amines) is 2. The molecule has 6 heteroatoms. The van der Waals surface area contributed by atoms with Crippen LogP contribution in [-0.4, -0.2) is 46.8 Å². The molecule has 26 heavy (non-hydrogen) atoms. The van der Waals surface area contributed by atoms with E-state index in [0.717, 1.165) is 38.9 Å². The fourth-order valence-corrected chi connectivity index (χ4v) is 4.05. The summed E-state index contributed by atoms with van der Waals surface area (Å²) in [4.78, 5) is 28.7. The number of carbonyl (C=O) groups excluding carboxylic acids is 2. The van der Waals surface area contributed by atoms with Crippen LogP contribution in [0.5, 0.6) is 0 Å². The van der Waals surface area contributed by atoms with E-state index in [4.69, 9.17) is 5.73 Å². The first-order valence-electron chi connectivity index (χ1n) is 9.19. The van der Waals surface area contributed by atoms with Gasteiger partial charge in [-0.15, -0.1) is 12.4 Å². The van der Waals surface area contributed by atoms with Gasteiger partial charge >= 0.3 is 0 Å². The van der Waals surface area contributed by atoms with Crippen LogP contribution in [0.2, 0.25) is 0 Å². The van der Waals surface area contributed by atoms with Crippen molar-refractivity contribution in [2.24, 2.45) is 11.1 Å². The average molecular weight is 380 g/mol. The molecular formula is C20H30ClN3O2. The molecule has 144 valence electrons. The van der Waals surface area contributed by atoms with E-state index in [2.05, 4.69) is 12.1 Å². The molecule has 0 atom stereocenters. The number of piperidine rings is 2. The van der Waals surface area contributed by atoms with Crippen molar-refractivity contribution in [2.75, 3.05) is 19.6 Å². The molecule has 1 spiro atoms. The molecule has 3 rings (SSSR count). The lowest BCUT2D eigenvalue weighted by Crippen LogP contribution is -2.56. The molecule has 0 aliphatic carbocycles. The largest absolute Gasteiger partial charge is 0.341 e. The van der Waals surface area contributed by atoms with Gasteiger partial charge in [-0.25, -0.2) is 0 Å². The maximum atomic E-state index is 12.4. The third-order valence-electron chi connectivity index (χ3n) is 5.63. The van der Waals surface area contributed by atoms with Gasteiger partial charge in [-0.2, -0.15) is 0 Å². The average Bonchev–Trinajstić information content (AvgIpc) is 2.59. The monoisotopic (exact) mass is 379 g/mol. The second kappa shape index (κ2) is 7.97. The number of nitrogens with two attached hydrogens (primary N) is 1. The topological polar surface area (TPSA) is 66.6 Å². The van der Waals surface area contributed by atoms with Crippen molar-refractivity contribution in [3.8, 4) is 0 Å². The number of hydrogen-bond donors (Lipinski definition) is 1. The molecular weight excluding hydrogens is 350 g/mol. The Hall–Kier alpha value is -1.59. The van der Waals surface area contributed by atoms with Crippen molar-refractivity contribution >= 4 is 24.2 Å². The molecule has 0 bridgehead atoms. The third-order valence-corrected chi connectivity index (χ3v) is 5.63. The summed E-state index contributed by atoms with van der Waals surface area (Å²) < 4.78 is 0. The normalized spacial score (nSPS) is 20.0. The molecule has 2 saturated heterocycles. The SMILES string of the molecule is CC(C)(N)C(=O)N1CCC2(CCC(=O)N(Cc3ccccc3)C2)CC1.Cl. The molecule has 2 aliphatic heterocycles. The second-order valence-corrected chi connectivity index (χ2v) is 8.25. The van der Waals surface area contributed by atoms with Gasteiger partial charge in [0.05, 0.1) is 5.54 Å². The summed E-state index contributed by atoms with van der Waals surface area (Å²) in [6.07, 6.45) is 3.45. The van der Waals surface area contributed by atoms with Gasteiger partial charge in [-0.1, -0.05) is 30.3 Å². The maximum Gasteiger partial charge on any atom is 0.242 e. The molecule has 2 N–H and O–H groups in total. The number of rotatable bonds is 3. The van der Waals surface area contributed by atoms with Crippen LogP contribution < -0.4 is 5.73 Å². The van der Waals surface area contributed by atoms with Crippen molar-refractivity contribution < 1.29 is 9.59 Å². The van der Waals surface area contributed by atoms with Gasteiger partial charge in [-0.05, 0) is 44.1 Å². The summed E-state index contributed by atoms with van der Waals surface area (Å²) in [5.74, 6) is 0.270. The first kappa shape index (κ1) is 20.7. The van der Waals surface area contributed by atoms with E-state index in [9.17, 15) is 9.59 Å². The van der Waals surface area contributed by atoms with E-state index in [1.165, 1.54) is 5.56 Å². The zero-order chi connectivity index (χ0) is 18.1. The van der Waals surface area contributed by atoms with Crippen LogP contribution in [0.25, 0.3) is 0 Å². The first-order chi connectivity index (χ1) is 11.8. The second-order valence-electron chi connectivity index (χ2n) is 8.25. The van der Waals surface area contributed by atoms with Gasteiger partial charge in [0.1, 0.15) is 0 Å². The predicted molar refractivity (Wildman–Crippen MR) is 105 cm³/mol. The number of carbonyl (C=O) groups is 2. The smallest absolute Gasteiger partial charge is 0.242 e. The molecule has 2 aliphatic rings. The number of nitrogens with zero attached hydrogens (tertiary/aromatic N) is 2. The lowest BCUT2D eigenvalue weighted by atomic mass is 9.72. The van der Waals surface area contributed by atoms with Crippen molar-refractivity contribution in [1.29, 1.82) is 0 Å². The predicted octanol–water partition coefficient (Wildman–Crippen LogP) is 2.58. The fraction of sp³-hybridized carbons (Fsp3) is 0.600. The van der Waals surface area contributed by atoms with Crippen LogP contribution in [-0.2, 0) is 16.1 Å². The molecule has 0 radical (unpaired) electrons. The highest BCUT2D eigenvalue weighted by molar-refractivity contribution is 5.85. The van der Waals surface area contributed by atoms with E-state index in [0.29, 0.717) is 13.0 Å². The highest BCUT2D eigenvalue weighted by Gasteiger charge is 2.42. The molecule has 0 saturated carbocycles. The molecule has 5 nitrogen and oxygen atoms in total. The Morgan fingerprint density at radius 1 is 1.15 bits per heavy atom. The molecule has 1 aromatic carbocycles. The van der Waals surface area contributed by atoms with Gasteiger partial charge < -0.3 is 15.5 Å². The Morgan fingerprint density at radius 3 is 2.35 bits per heavy atom. The van der Waals surface area contributed by atoms with Crippen LogP contribution in [0, 0.1) is 5.41 Å². The Morgan fingerprint density at radius 2 is 1.77 bits per heavy atom. The van der Waals surface area contributed by atoms with Crippen LogP contribution in [0.15, 0.2) is 30.3 Å². The summed E-state index contributed by atoms with van der Waals surface area (Å²) >= 11 is 0. The Kier molecular flexibility index (Phi) is 6.35. The lowest BCUT2D eigenvalue weighted by Gasteiger charge is -2.48. The molecule has 2 fully saturated rings. The minimum Gasteiger partial charge on any atom is -0.341 e. The molecule has 0 aromatic heterocycles. The van der Waals surface area contributed by atoms with Crippen molar-refractivity contribution in [2.45, 2.75) is 51.6 Å². The van der Waals surface area contributed by atoms with Crippen LogP contribution >= 0.6 is 12.4 Å². The van der Waals surface area contributed by atoms with E-state index in [1.54, 1.807) is 13.8 Å². The number of halogens is 1. The first-order valence-corrected chi connectivity index (χ1v) is 9.19. The highest BCUT2D eigenvalue weighted by atomic mass is 35.5. The standard InChI is InChI=1S/C20H29N3O2.ClH/c1-19(2,21)18(25)22-12-10-20(11-13-22)9-8-17(24)23(15-20)14-16-6-4-3-5-7-16;/h3-7H,8-15,21H2,1-2H3;1H. The third kappa shape index (κ3) is 4.57. The van der Waals surface area contributed by atoms with E-state index < -0.39 is 5.54 Å². The van der Waals surface area contributed by atoms with Crippen molar-refractivity contribution in [3.05, 3.63) is 35.9 Å². The summed E-state index contributed by atoms with van der Waals surface area (Å²) in [7, 11) is 0. The number of benzene rings is 1. The Bertz CT molecular complexity index is 634. The van der Waals surface area contributed by atoms with Crippen molar-refractivity contribution in [3.63, 3.8) is 0 Å². The molecule has 2 amide bonds. The van der Waals surface area contributed by atoms with Gasteiger partial charge in [0.15, 0.2) is 0 Å². The van der Waals surface area contributed by atoms with Gasteiger partial charge in [0.25, 0.3) is 0 Å². The Balaban J connectivity index is 0.00000243. The van der Waals surface area contributed by atoms with Crippen molar-refractivity contribution in [1.82, 2.24) is 9.80 Å². The van der Waals surface area contributed by atoms with Crippen LogP contribution in [0.1, 0.15) is 45.1 Å². The van der Waals surface area contributed by atoms with Crippen LogP contribution in [0.4, 0.5) is 0 Å². The highest BCUT2D eigenvalue weighted by Crippen LogP contribution is 2.40. The van der Waals surface area contributed by atoms with E-state index in [1.807, 2.05) is 28.0 Å². The zero-order valence-electron chi connectivity index (χ0n) is 15.7. The molecule has 1 aromatic rings. The maximum absolute atomic E-state index is 12.4. The van der Waals surface area contributed by atoms with Gasteiger partial charge in [0, 0.05) is 32.6 Å². The van der Waals surface area contributed by atoms with Gasteiger partial charge in [0.2, 0.25) is 11.8 Å². The lowest BCUT2D eigenvalue weighted by molar-refractivity contribution is -0.144. The summed E-state index contributed by atoms with van der Waals surface area (Å²) in [6, 6.07) is 10.2. The number of hydrogen-bond acceptors (Lipinski definition) is 3. The van der Waals surface area contributed by atoms with E-state index in [-0.39, 0.29) is 29.6 Å². The minimum absolute atomic E-state index is 0. The van der Waals surface area contributed by atoms with Crippen LogP contribution in [0.3, 0.4) is 0 Å². The summed E-state index contributed by atoms with van der Waals surface area (Å²) in [6.45, 7) is 6.50. The van der Waals surface area contributed by atoms with Gasteiger partial charge in [-0.3, -0.25) is 9.59 Å². The number of amides is 2. The summed E-state index contributed by atoms with van der Waals surface area (Å²) in [5.41, 5.74) is 6.47. The molecule has 2 heterocycles. The Labute approximate surface area is 162 Å². The minimum atomic E-state index is -0.813. The summed E-state index contributed by atoms with van der Waals surface area (Å²) in [5, 5.41) is 0. The quantitative estimate of drug-likeness (QED) is 0.877. The fourth-order valence-electron chi connectivity index (χ4n) is 4.05. The van der Waals surface area contributed by atoms with E-state index >= 15 is 0 Å². The zero-order valence-corrected chi connectivity index (χ0v) is 16.6.